The van der Waals surface area contributed by atoms with Crippen LogP contribution in [0.25, 0.3) is 0 Å². The SMILES string of the molecule is NCc1ccn(Cc2ccc(F)c(F)c2)c1. The summed E-state index contributed by atoms with van der Waals surface area (Å²) in [6, 6.07) is 5.82. The fourth-order valence-corrected chi connectivity index (χ4v) is 1.56. The Bertz CT molecular complexity index is 492. The van der Waals surface area contributed by atoms with E-state index in [1.165, 1.54) is 6.07 Å². The second kappa shape index (κ2) is 4.45. The maximum Gasteiger partial charge on any atom is 0.159 e. The van der Waals surface area contributed by atoms with E-state index in [-0.39, 0.29) is 0 Å². The smallest absolute Gasteiger partial charge is 0.159 e. The molecule has 0 amide bonds. The number of hydrogen-bond acceptors (Lipinski definition) is 1. The second-order valence-electron chi connectivity index (χ2n) is 3.64. The molecule has 16 heavy (non-hydrogen) atoms. The molecule has 2 N–H and O–H groups in total. The Balaban J connectivity index is 2.17. The predicted molar refractivity (Wildman–Crippen MR) is 57.8 cm³/mol. The van der Waals surface area contributed by atoms with Gasteiger partial charge in [0.1, 0.15) is 0 Å². The first-order chi connectivity index (χ1) is 7.69. The molecule has 0 radical (unpaired) electrons. The fourth-order valence-electron chi connectivity index (χ4n) is 1.56. The lowest BCUT2D eigenvalue weighted by atomic mass is 10.2. The van der Waals surface area contributed by atoms with E-state index in [9.17, 15) is 8.78 Å². The largest absolute Gasteiger partial charge is 0.350 e. The van der Waals surface area contributed by atoms with Crippen LogP contribution in [0.4, 0.5) is 8.78 Å². The Morgan fingerprint density at radius 1 is 1.06 bits per heavy atom. The van der Waals surface area contributed by atoms with Gasteiger partial charge in [0, 0.05) is 25.5 Å². The molecule has 0 aliphatic heterocycles. The summed E-state index contributed by atoms with van der Waals surface area (Å²) in [7, 11) is 0. The predicted octanol–water partition coefficient (Wildman–Crippen LogP) is 2.27. The monoisotopic (exact) mass is 222 g/mol. The highest BCUT2D eigenvalue weighted by atomic mass is 19.2. The molecule has 0 aliphatic carbocycles. The molecule has 0 unspecified atom stereocenters. The van der Waals surface area contributed by atoms with Crippen molar-refractivity contribution in [2.75, 3.05) is 0 Å². The van der Waals surface area contributed by atoms with Gasteiger partial charge < -0.3 is 10.3 Å². The molecule has 0 bridgehead atoms. The Hall–Kier alpha value is -1.68. The van der Waals surface area contributed by atoms with E-state index in [1.807, 2.05) is 23.0 Å². The van der Waals surface area contributed by atoms with Gasteiger partial charge in [-0.3, -0.25) is 0 Å². The highest BCUT2D eigenvalue weighted by molar-refractivity contribution is 5.19. The zero-order chi connectivity index (χ0) is 11.5. The molecule has 0 saturated carbocycles. The van der Waals surface area contributed by atoms with Crippen molar-refractivity contribution in [2.45, 2.75) is 13.1 Å². The van der Waals surface area contributed by atoms with E-state index in [0.717, 1.165) is 17.2 Å². The van der Waals surface area contributed by atoms with E-state index in [2.05, 4.69) is 0 Å². The van der Waals surface area contributed by atoms with Crippen LogP contribution in [-0.4, -0.2) is 4.57 Å². The third-order valence-electron chi connectivity index (χ3n) is 2.40. The lowest BCUT2D eigenvalue weighted by Crippen LogP contribution is -1.99. The molecule has 0 atom stereocenters. The molecule has 0 spiro atoms. The van der Waals surface area contributed by atoms with Crippen molar-refractivity contribution in [3.8, 4) is 0 Å². The second-order valence-corrected chi connectivity index (χ2v) is 3.64. The molecular formula is C12H12F2N2. The highest BCUT2D eigenvalue weighted by Crippen LogP contribution is 2.11. The minimum Gasteiger partial charge on any atom is -0.350 e. The van der Waals surface area contributed by atoms with Gasteiger partial charge in [-0.05, 0) is 29.3 Å². The Labute approximate surface area is 92.3 Å². The molecule has 0 aliphatic rings. The van der Waals surface area contributed by atoms with Crippen molar-refractivity contribution in [3.05, 3.63) is 59.4 Å². The number of hydrogen-bond donors (Lipinski definition) is 1. The van der Waals surface area contributed by atoms with Crippen LogP contribution < -0.4 is 5.73 Å². The van der Waals surface area contributed by atoms with Crippen LogP contribution in [0.3, 0.4) is 0 Å². The van der Waals surface area contributed by atoms with Crippen LogP contribution in [0.5, 0.6) is 0 Å². The Kier molecular flexibility index (Phi) is 3.01. The van der Waals surface area contributed by atoms with Gasteiger partial charge in [0.05, 0.1) is 0 Å². The summed E-state index contributed by atoms with van der Waals surface area (Å²) in [6.07, 6.45) is 3.75. The number of rotatable bonds is 3. The Morgan fingerprint density at radius 3 is 2.50 bits per heavy atom. The van der Waals surface area contributed by atoms with E-state index in [1.54, 1.807) is 6.07 Å². The number of nitrogens with zero attached hydrogens (tertiary/aromatic N) is 1. The molecule has 1 aromatic carbocycles. The third-order valence-corrected chi connectivity index (χ3v) is 2.40. The van der Waals surface area contributed by atoms with Crippen molar-refractivity contribution in [2.24, 2.45) is 5.73 Å². The van der Waals surface area contributed by atoms with Crippen molar-refractivity contribution >= 4 is 0 Å². The molecule has 84 valence electrons. The molecule has 2 nitrogen and oxygen atoms in total. The van der Waals surface area contributed by atoms with Gasteiger partial charge in [-0.25, -0.2) is 8.78 Å². The summed E-state index contributed by atoms with van der Waals surface area (Å²) in [5, 5.41) is 0. The van der Waals surface area contributed by atoms with E-state index >= 15 is 0 Å². The van der Waals surface area contributed by atoms with Gasteiger partial charge in [-0.1, -0.05) is 6.07 Å². The van der Waals surface area contributed by atoms with Gasteiger partial charge in [-0.2, -0.15) is 0 Å². The molecular weight excluding hydrogens is 210 g/mol. The number of benzene rings is 1. The van der Waals surface area contributed by atoms with Gasteiger partial charge in [0.15, 0.2) is 11.6 Å². The molecule has 0 saturated heterocycles. The van der Waals surface area contributed by atoms with Gasteiger partial charge in [-0.15, -0.1) is 0 Å². The van der Waals surface area contributed by atoms with Crippen LogP contribution in [0.1, 0.15) is 11.1 Å². The summed E-state index contributed by atoms with van der Waals surface area (Å²) in [4.78, 5) is 0. The molecule has 1 heterocycles. The minimum absolute atomic E-state index is 0.477. The zero-order valence-electron chi connectivity index (χ0n) is 8.66. The average molecular weight is 222 g/mol. The van der Waals surface area contributed by atoms with E-state index in [4.69, 9.17) is 5.73 Å². The first kappa shape index (κ1) is 10.8. The van der Waals surface area contributed by atoms with Crippen LogP contribution in [-0.2, 0) is 13.1 Å². The van der Waals surface area contributed by atoms with Crippen molar-refractivity contribution in [1.29, 1.82) is 0 Å². The summed E-state index contributed by atoms with van der Waals surface area (Å²) in [5.74, 6) is -1.64. The first-order valence-corrected chi connectivity index (χ1v) is 4.97. The van der Waals surface area contributed by atoms with E-state index < -0.39 is 11.6 Å². The van der Waals surface area contributed by atoms with E-state index in [0.29, 0.717) is 13.1 Å². The van der Waals surface area contributed by atoms with Crippen LogP contribution in [0.15, 0.2) is 36.7 Å². The highest BCUT2D eigenvalue weighted by Gasteiger charge is 2.03. The van der Waals surface area contributed by atoms with Crippen molar-refractivity contribution in [1.82, 2.24) is 4.57 Å². The van der Waals surface area contributed by atoms with Crippen LogP contribution >= 0.6 is 0 Å². The molecule has 2 aromatic rings. The number of aromatic nitrogens is 1. The fraction of sp³-hybridized carbons (Fsp3) is 0.167. The lowest BCUT2D eigenvalue weighted by molar-refractivity contribution is 0.506. The zero-order valence-corrected chi connectivity index (χ0v) is 8.66. The maximum absolute atomic E-state index is 12.9. The molecule has 1 aromatic heterocycles. The summed E-state index contributed by atoms with van der Waals surface area (Å²) in [5.41, 5.74) is 7.21. The topological polar surface area (TPSA) is 30.9 Å². The normalized spacial score (nSPS) is 10.7. The molecule has 4 heteroatoms. The summed E-state index contributed by atoms with van der Waals surface area (Å²) in [6.45, 7) is 0.988. The maximum atomic E-state index is 12.9. The van der Waals surface area contributed by atoms with Gasteiger partial charge in [0.25, 0.3) is 0 Å². The van der Waals surface area contributed by atoms with Crippen LogP contribution in [0, 0.1) is 11.6 Å². The summed E-state index contributed by atoms with van der Waals surface area (Å²) >= 11 is 0. The number of nitrogens with two attached hydrogens (primary N) is 1. The number of halogens is 2. The average Bonchev–Trinajstić information content (AvgIpc) is 2.71. The van der Waals surface area contributed by atoms with Gasteiger partial charge in [0.2, 0.25) is 0 Å². The quantitative estimate of drug-likeness (QED) is 0.848. The van der Waals surface area contributed by atoms with Gasteiger partial charge >= 0.3 is 0 Å². The Morgan fingerprint density at radius 2 is 1.88 bits per heavy atom. The van der Waals surface area contributed by atoms with Crippen molar-refractivity contribution in [3.63, 3.8) is 0 Å². The minimum atomic E-state index is -0.820. The standard InChI is InChI=1S/C12H12F2N2/c13-11-2-1-9(5-12(11)14)7-16-4-3-10(6-15)8-16/h1-5,8H,6-7,15H2. The first-order valence-electron chi connectivity index (χ1n) is 4.97. The molecule has 2 rings (SSSR count). The van der Waals surface area contributed by atoms with Crippen molar-refractivity contribution < 1.29 is 8.78 Å². The molecule has 0 fully saturated rings. The van der Waals surface area contributed by atoms with Crippen LogP contribution in [0.2, 0.25) is 0 Å². The third kappa shape index (κ3) is 2.28. The summed E-state index contributed by atoms with van der Waals surface area (Å²) < 4.78 is 27.5. The lowest BCUT2D eigenvalue weighted by Gasteiger charge is -2.03.